The zero-order valence-electron chi connectivity index (χ0n) is 9.82. The van der Waals surface area contributed by atoms with Crippen LogP contribution >= 0.6 is 0 Å². The third-order valence-corrected chi connectivity index (χ3v) is 2.47. The molecule has 0 spiro atoms. The van der Waals surface area contributed by atoms with Crippen molar-refractivity contribution in [2.75, 3.05) is 0 Å². The minimum Gasteiger partial charge on any atom is -0.504 e. The molecule has 2 N–H and O–H groups in total. The van der Waals surface area contributed by atoms with Crippen molar-refractivity contribution in [3.63, 3.8) is 0 Å². The first-order valence-electron chi connectivity index (χ1n) is 5.67. The average Bonchev–Trinajstić information content (AvgIpc) is 2.41. The number of hydrogen-bond donors (Lipinski definition) is 2. The van der Waals surface area contributed by atoms with E-state index in [9.17, 15) is 10.2 Å². The summed E-state index contributed by atoms with van der Waals surface area (Å²) in [6, 6.07) is 18.7. The fraction of sp³-hybridized carbons (Fsp3) is 0. The Bertz CT molecular complexity index is 501. The van der Waals surface area contributed by atoms with Gasteiger partial charge in [-0.15, -0.1) is 0 Å². The lowest BCUT2D eigenvalue weighted by atomic mass is 10.1. The van der Waals surface area contributed by atoms with Gasteiger partial charge in [0.05, 0.1) is 0 Å². The third kappa shape index (κ3) is 3.25. The molecule has 2 nitrogen and oxygen atoms in total. The molecule has 90 valence electrons. The van der Waals surface area contributed by atoms with Gasteiger partial charge in [-0.05, 0) is 23.3 Å². The van der Waals surface area contributed by atoms with E-state index >= 15 is 0 Å². The molecule has 2 heteroatoms. The number of aliphatic hydroxyl groups excluding tert-OH is 2. The number of rotatable bonds is 3. The SMILES string of the molecule is OC(=Cc1ccccc1)C(O)=Cc1ccccc1. The van der Waals surface area contributed by atoms with Crippen molar-refractivity contribution in [1.82, 2.24) is 0 Å². The van der Waals surface area contributed by atoms with Crippen LogP contribution in [0.3, 0.4) is 0 Å². The molecule has 2 aromatic carbocycles. The molecule has 0 aliphatic carbocycles. The molecule has 0 heterocycles. The van der Waals surface area contributed by atoms with E-state index in [4.69, 9.17) is 0 Å². The van der Waals surface area contributed by atoms with Crippen LogP contribution in [-0.4, -0.2) is 10.2 Å². The van der Waals surface area contributed by atoms with Gasteiger partial charge >= 0.3 is 0 Å². The molecule has 0 saturated carbocycles. The number of aliphatic hydroxyl groups is 2. The maximum Gasteiger partial charge on any atom is 0.158 e. The highest BCUT2D eigenvalue weighted by Gasteiger charge is 2.00. The Kier molecular flexibility index (Phi) is 3.82. The molecule has 0 atom stereocenters. The summed E-state index contributed by atoms with van der Waals surface area (Å²) in [6.45, 7) is 0. The highest BCUT2D eigenvalue weighted by atomic mass is 16.3. The fourth-order valence-electron chi connectivity index (χ4n) is 1.56. The van der Waals surface area contributed by atoms with E-state index in [2.05, 4.69) is 0 Å². The molecule has 2 aromatic rings. The number of hydrogen-bond acceptors (Lipinski definition) is 2. The van der Waals surface area contributed by atoms with Gasteiger partial charge in [0.25, 0.3) is 0 Å². The Hall–Kier alpha value is -2.48. The number of benzene rings is 2. The summed E-state index contributed by atoms with van der Waals surface area (Å²) >= 11 is 0. The van der Waals surface area contributed by atoms with E-state index in [1.165, 1.54) is 12.2 Å². The van der Waals surface area contributed by atoms with Crippen LogP contribution in [0, 0.1) is 0 Å². The van der Waals surface area contributed by atoms with Gasteiger partial charge in [-0.1, -0.05) is 60.7 Å². The summed E-state index contributed by atoms with van der Waals surface area (Å²) in [5, 5.41) is 19.6. The summed E-state index contributed by atoms with van der Waals surface area (Å²) in [4.78, 5) is 0. The van der Waals surface area contributed by atoms with Crippen molar-refractivity contribution in [2.45, 2.75) is 0 Å². The molecule has 0 aliphatic heterocycles. The molecule has 0 aromatic heterocycles. The molecule has 0 unspecified atom stereocenters. The summed E-state index contributed by atoms with van der Waals surface area (Å²) < 4.78 is 0. The van der Waals surface area contributed by atoms with E-state index in [1.807, 2.05) is 60.7 Å². The molecule has 2 rings (SSSR count). The van der Waals surface area contributed by atoms with Crippen molar-refractivity contribution in [3.8, 4) is 0 Å². The molecular weight excluding hydrogens is 224 g/mol. The summed E-state index contributed by atoms with van der Waals surface area (Å²) in [5.41, 5.74) is 1.67. The predicted molar refractivity (Wildman–Crippen MR) is 74.1 cm³/mol. The van der Waals surface area contributed by atoms with E-state index in [-0.39, 0.29) is 11.5 Å². The largest absolute Gasteiger partial charge is 0.504 e. The average molecular weight is 238 g/mol. The van der Waals surface area contributed by atoms with Crippen LogP contribution in [0.25, 0.3) is 12.2 Å². The van der Waals surface area contributed by atoms with E-state index < -0.39 is 0 Å². The van der Waals surface area contributed by atoms with E-state index in [1.54, 1.807) is 0 Å². The zero-order chi connectivity index (χ0) is 12.8. The molecule has 18 heavy (non-hydrogen) atoms. The van der Waals surface area contributed by atoms with Crippen LogP contribution in [0.15, 0.2) is 72.2 Å². The molecule has 0 radical (unpaired) electrons. The first kappa shape index (κ1) is 12.0. The van der Waals surface area contributed by atoms with Crippen molar-refractivity contribution >= 4 is 12.2 Å². The lowest BCUT2D eigenvalue weighted by Crippen LogP contribution is -1.87. The topological polar surface area (TPSA) is 40.5 Å². The second-order valence-corrected chi connectivity index (χ2v) is 3.88. The Morgan fingerprint density at radius 2 is 0.944 bits per heavy atom. The summed E-state index contributed by atoms with van der Waals surface area (Å²) in [6.07, 6.45) is 3.05. The first-order valence-corrected chi connectivity index (χ1v) is 5.67. The molecular formula is C16H14O2. The lowest BCUT2D eigenvalue weighted by Gasteiger charge is -2.00. The molecule has 0 fully saturated rings. The van der Waals surface area contributed by atoms with Gasteiger partial charge in [0.1, 0.15) is 0 Å². The molecule has 0 amide bonds. The Labute approximate surface area is 106 Å². The monoisotopic (exact) mass is 238 g/mol. The second-order valence-electron chi connectivity index (χ2n) is 3.88. The van der Waals surface area contributed by atoms with Crippen LogP contribution in [0.2, 0.25) is 0 Å². The Balaban J connectivity index is 2.21. The van der Waals surface area contributed by atoms with Crippen molar-refractivity contribution < 1.29 is 10.2 Å². The highest BCUT2D eigenvalue weighted by molar-refractivity contribution is 5.61. The van der Waals surface area contributed by atoms with Gasteiger partial charge in [0, 0.05) is 0 Å². The van der Waals surface area contributed by atoms with E-state index in [0.717, 1.165) is 11.1 Å². The minimum absolute atomic E-state index is 0.148. The predicted octanol–water partition coefficient (Wildman–Crippen LogP) is 4.18. The van der Waals surface area contributed by atoms with Crippen LogP contribution < -0.4 is 0 Å². The zero-order valence-corrected chi connectivity index (χ0v) is 9.82. The van der Waals surface area contributed by atoms with Gasteiger partial charge < -0.3 is 10.2 Å². The molecule has 0 aliphatic rings. The van der Waals surface area contributed by atoms with Crippen molar-refractivity contribution in [1.29, 1.82) is 0 Å². The Morgan fingerprint density at radius 1 is 0.611 bits per heavy atom. The standard InChI is InChI=1S/C16H14O2/c17-15(11-13-7-3-1-4-8-13)16(18)12-14-9-5-2-6-10-14/h1-12,17-18H. The minimum atomic E-state index is -0.148. The second kappa shape index (κ2) is 5.73. The van der Waals surface area contributed by atoms with Crippen molar-refractivity contribution in [2.24, 2.45) is 0 Å². The van der Waals surface area contributed by atoms with Crippen LogP contribution in [-0.2, 0) is 0 Å². The molecule has 0 saturated heterocycles. The maximum atomic E-state index is 9.78. The molecule has 0 bridgehead atoms. The fourth-order valence-corrected chi connectivity index (χ4v) is 1.56. The normalized spacial score (nSPS) is 12.4. The van der Waals surface area contributed by atoms with Crippen LogP contribution in [0.1, 0.15) is 11.1 Å². The van der Waals surface area contributed by atoms with Crippen LogP contribution in [0.4, 0.5) is 0 Å². The summed E-state index contributed by atoms with van der Waals surface area (Å²) in [7, 11) is 0. The van der Waals surface area contributed by atoms with Gasteiger partial charge in [-0.3, -0.25) is 0 Å². The van der Waals surface area contributed by atoms with Gasteiger partial charge in [0.2, 0.25) is 0 Å². The van der Waals surface area contributed by atoms with E-state index in [0.29, 0.717) is 0 Å². The van der Waals surface area contributed by atoms with Gasteiger partial charge in [0.15, 0.2) is 11.5 Å². The van der Waals surface area contributed by atoms with Crippen molar-refractivity contribution in [3.05, 3.63) is 83.3 Å². The Morgan fingerprint density at radius 3 is 1.28 bits per heavy atom. The van der Waals surface area contributed by atoms with Gasteiger partial charge in [-0.25, -0.2) is 0 Å². The van der Waals surface area contributed by atoms with Gasteiger partial charge in [-0.2, -0.15) is 0 Å². The smallest absolute Gasteiger partial charge is 0.158 e. The summed E-state index contributed by atoms with van der Waals surface area (Å²) in [5.74, 6) is -0.296. The highest BCUT2D eigenvalue weighted by Crippen LogP contribution is 2.13. The van der Waals surface area contributed by atoms with Crippen LogP contribution in [0.5, 0.6) is 0 Å². The lowest BCUT2D eigenvalue weighted by molar-refractivity contribution is 0.334. The third-order valence-electron chi connectivity index (χ3n) is 2.47. The maximum absolute atomic E-state index is 9.78. The quantitative estimate of drug-likeness (QED) is 0.622. The first-order chi connectivity index (χ1) is 8.75.